The summed E-state index contributed by atoms with van der Waals surface area (Å²) in [4.78, 5) is 8.39. The number of halogens is 4. The van der Waals surface area contributed by atoms with Crippen molar-refractivity contribution < 1.29 is 13.2 Å². The normalized spacial score (nSPS) is 12.7. The van der Waals surface area contributed by atoms with Gasteiger partial charge in [-0.05, 0) is 41.1 Å². The highest BCUT2D eigenvalue weighted by Gasteiger charge is 2.35. The predicted molar refractivity (Wildman–Crippen MR) is 102 cm³/mol. The molecule has 30 heavy (non-hydrogen) atoms. The van der Waals surface area contributed by atoms with Gasteiger partial charge in [-0.2, -0.15) is 28.2 Å². The topological polar surface area (TPSA) is 110 Å². The van der Waals surface area contributed by atoms with Crippen LogP contribution in [-0.4, -0.2) is 34.3 Å². The van der Waals surface area contributed by atoms with Gasteiger partial charge in [0, 0.05) is 16.9 Å². The lowest BCUT2D eigenvalue weighted by Crippen LogP contribution is -2.16. The molecule has 4 rings (SSSR count). The molecule has 0 aromatic carbocycles. The quantitative estimate of drug-likeness (QED) is 0.478. The van der Waals surface area contributed by atoms with Crippen LogP contribution in [0.4, 0.5) is 19.1 Å². The van der Waals surface area contributed by atoms with Crippen molar-refractivity contribution in [2.45, 2.75) is 19.1 Å². The number of anilines is 1. The second-order valence-corrected chi connectivity index (χ2v) is 7.12. The van der Waals surface area contributed by atoms with Crippen molar-refractivity contribution in [3.8, 4) is 11.9 Å². The second kappa shape index (κ2) is 7.38. The first-order chi connectivity index (χ1) is 14.3. The van der Waals surface area contributed by atoms with Crippen molar-refractivity contribution in [3.63, 3.8) is 0 Å². The van der Waals surface area contributed by atoms with Gasteiger partial charge in [-0.15, -0.1) is 10.2 Å². The van der Waals surface area contributed by atoms with Crippen LogP contribution in [-0.2, 0) is 6.18 Å². The lowest BCUT2D eigenvalue weighted by atomic mass is 10.2. The molecule has 4 aromatic rings. The summed E-state index contributed by atoms with van der Waals surface area (Å²) in [5.74, 6) is 0.977. The molecular weight excluding hydrogens is 467 g/mol. The summed E-state index contributed by atoms with van der Waals surface area (Å²) in [5.41, 5.74) is -0.835. The lowest BCUT2D eigenvalue weighted by molar-refractivity contribution is -0.136. The number of fused-ring (bicyclic) bond motifs is 1. The minimum atomic E-state index is -4.58. The summed E-state index contributed by atoms with van der Waals surface area (Å²) < 4.78 is 42.8. The maximum Gasteiger partial charge on any atom is 0.420 e. The molecule has 1 unspecified atom stereocenters. The molecule has 0 aliphatic rings. The Bertz CT molecular complexity index is 1250. The molecule has 0 saturated heterocycles. The first-order valence-corrected chi connectivity index (χ1v) is 9.21. The molecular formula is C17H11BrF3N9. The van der Waals surface area contributed by atoms with Gasteiger partial charge in [0.25, 0.3) is 0 Å². The zero-order valence-electron chi connectivity index (χ0n) is 15.1. The van der Waals surface area contributed by atoms with Gasteiger partial charge in [0.05, 0.1) is 11.6 Å². The van der Waals surface area contributed by atoms with Crippen LogP contribution in [0.3, 0.4) is 0 Å². The molecule has 0 radical (unpaired) electrons. The molecule has 0 amide bonds. The van der Waals surface area contributed by atoms with Crippen LogP contribution in [0.1, 0.15) is 29.9 Å². The van der Waals surface area contributed by atoms with Crippen molar-refractivity contribution in [3.05, 3.63) is 58.3 Å². The summed E-state index contributed by atoms with van der Waals surface area (Å²) in [6.45, 7) is 1.74. The lowest BCUT2D eigenvalue weighted by Gasteiger charge is -2.14. The van der Waals surface area contributed by atoms with E-state index in [0.717, 1.165) is 6.07 Å². The van der Waals surface area contributed by atoms with E-state index in [0.29, 0.717) is 17.2 Å². The Morgan fingerprint density at radius 3 is 2.70 bits per heavy atom. The van der Waals surface area contributed by atoms with Crippen LogP contribution in [0, 0.1) is 11.3 Å². The number of aromatic nitrogens is 7. The molecule has 1 N–H and O–H groups in total. The van der Waals surface area contributed by atoms with Gasteiger partial charge < -0.3 is 5.32 Å². The molecule has 0 aliphatic carbocycles. The van der Waals surface area contributed by atoms with Crippen molar-refractivity contribution in [2.75, 3.05) is 5.32 Å². The van der Waals surface area contributed by atoms with Gasteiger partial charge in [-0.1, -0.05) is 0 Å². The minimum Gasteiger partial charge on any atom is -0.344 e. The number of rotatable bonds is 4. The summed E-state index contributed by atoms with van der Waals surface area (Å²) >= 11 is 3.09. The Kier molecular flexibility index (Phi) is 4.86. The Morgan fingerprint density at radius 1 is 1.23 bits per heavy atom. The fourth-order valence-corrected chi connectivity index (χ4v) is 3.26. The van der Waals surface area contributed by atoms with E-state index in [2.05, 4.69) is 46.5 Å². The van der Waals surface area contributed by atoms with Crippen molar-refractivity contribution in [1.29, 1.82) is 5.26 Å². The Labute approximate surface area is 175 Å². The van der Waals surface area contributed by atoms with Gasteiger partial charge in [0.1, 0.15) is 18.0 Å². The van der Waals surface area contributed by atoms with Crippen LogP contribution in [0.5, 0.6) is 0 Å². The number of alkyl halides is 3. The summed E-state index contributed by atoms with van der Waals surface area (Å²) in [5, 5.41) is 23.6. The van der Waals surface area contributed by atoms with Gasteiger partial charge in [0.15, 0.2) is 17.3 Å². The van der Waals surface area contributed by atoms with Crippen molar-refractivity contribution in [2.24, 2.45) is 0 Å². The van der Waals surface area contributed by atoms with Gasteiger partial charge in [-0.3, -0.25) is 4.40 Å². The summed E-state index contributed by atoms with van der Waals surface area (Å²) in [6.07, 6.45) is -0.413. The van der Waals surface area contributed by atoms with Crippen molar-refractivity contribution in [1.82, 2.24) is 34.3 Å². The number of nitrogens with one attached hydrogen (secondary N) is 1. The number of hydrogen-bond acceptors (Lipinski definition) is 7. The monoisotopic (exact) mass is 477 g/mol. The van der Waals surface area contributed by atoms with E-state index in [1.165, 1.54) is 27.8 Å². The molecule has 0 bridgehead atoms. The average Bonchev–Trinajstić information content (AvgIpc) is 3.34. The highest BCUT2D eigenvalue weighted by Crippen LogP contribution is 2.34. The minimum absolute atomic E-state index is 0.103. The number of pyridine rings is 2. The van der Waals surface area contributed by atoms with E-state index in [1.54, 1.807) is 19.1 Å². The zero-order chi connectivity index (χ0) is 21.5. The van der Waals surface area contributed by atoms with Gasteiger partial charge in [-0.25, -0.2) is 9.97 Å². The SMILES string of the molecule is CC(Nc1nnc2c(C(F)(F)F)cc(Br)cn12)c1ncnn1-c1ccc(C#N)cn1. The average molecular weight is 478 g/mol. The molecule has 0 spiro atoms. The predicted octanol–water partition coefficient (Wildman–Crippen LogP) is 3.53. The molecule has 0 fully saturated rings. The van der Waals surface area contributed by atoms with Crippen LogP contribution in [0.2, 0.25) is 0 Å². The highest BCUT2D eigenvalue weighted by atomic mass is 79.9. The molecule has 1 atom stereocenters. The smallest absolute Gasteiger partial charge is 0.344 e. The summed E-state index contributed by atoms with van der Waals surface area (Å²) in [6, 6.07) is 5.63. The third-order valence-corrected chi connectivity index (χ3v) is 4.61. The van der Waals surface area contributed by atoms with Crippen LogP contribution >= 0.6 is 15.9 Å². The van der Waals surface area contributed by atoms with Crippen LogP contribution < -0.4 is 5.32 Å². The van der Waals surface area contributed by atoms with Crippen molar-refractivity contribution >= 4 is 27.5 Å². The third kappa shape index (κ3) is 3.57. The Balaban J connectivity index is 1.68. The van der Waals surface area contributed by atoms with E-state index in [9.17, 15) is 13.2 Å². The number of hydrogen-bond donors (Lipinski definition) is 1. The highest BCUT2D eigenvalue weighted by molar-refractivity contribution is 9.10. The zero-order valence-corrected chi connectivity index (χ0v) is 16.7. The first kappa shape index (κ1) is 19.8. The largest absolute Gasteiger partial charge is 0.420 e. The van der Waals surface area contributed by atoms with E-state index < -0.39 is 17.8 Å². The number of nitriles is 1. The molecule has 9 nitrogen and oxygen atoms in total. The standard InChI is InChI=1S/C17H11BrF3N9/c1-9(14-24-8-25-30(14)13-3-2-10(5-22)6-23-13)26-16-28-27-15-12(17(19,20)21)4-11(18)7-29(15)16/h2-4,6-9H,1H3,(H,26,28). The van der Waals surface area contributed by atoms with Gasteiger partial charge >= 0.3 is 6.18 Å². The van der Waals surface area contributed by atoms with E-state index >= 15 is 0 Å². The second-order valence-electron chi connectivity index (χ2n) is 6.20. The maximum absolute atomic E-state index is 13.3. The third-order valence-electron chi connectivity index (χ3n) is 4.18. The summed E-state index contributed by atoms with van der Waals surface area (Å²) in [7, 11) is 0. The molecule has 4 heterocycles. The first-order valence-electron chi connectivity index (χ1n) is 8.42. The molecule has 152 valence electrons. The van der Waals surface area contributed by atoms with Crippen LogP contribution in [0.15, 0.2) is 41.4 Å². The molecule has 13 heteroatoms. The fourth-order valence-electron chi connectivity index (χ4n) is 2.83. The molecule has 4 aromatic heterocycles. The molecule has 0 aliphatic heterocycles. The van der Waals surface area contributed by atoms with Crippen LogP contribution in [0.25, 0.3) is 11.5 Å². The fraction of sp³-hybridized carbons (Fsp3) is 0.176. The van der Waals surface area contributed by atoms with E-state index in [4.69, 9.17) is 5.26 Å². The molecule has 0 saturated carbocycles. The number of nitrogens with zero attached hydrogens (tertiary/aromatic N) is 8. The van der Waals surface area contributed by atoms with E-state index in [-0.39, 0.29) is 16.1 Å². The van der Waals surface area contributed by atoms with E-state index in [1.807, 2.05) is 6.07 Å². The Morgan fingerprint density at radius 2 is 2.03 bits per heavy atom. The maximum atomic E-state index is 13.3. The Hall–Kier alpha value is -3.53. The van der Waals surface area contributed by atoms with Gasteiger partial charge in [0.2, 0.25) is 5.95 Å².